The summed E-state index contributed by atoms with van der Waals surface area (Å²) in [6.07, 6.45) is 6.77. The molecule has 5 unspecified atom stereocenters. The van der Waals surface area contributed by atoms with Crippen molar-refractivity contribution in [2.24, 2.45) is 0 Å². The summed E-state index contributed by atoms with van der Waals surface area (Å²) in [7, 11) is -1.21. The molecule has 0 radical (unpaired) electrons. The molecule has 3 rings (SSSR count). The topological polar surface area (TPSA) is 98.2 Å². The van der Waals surface area contributed by atoms with Crippen LogP contribution >= 0.6 is 11.6 Å². The van der Waals surface area contributed by atoms with Crippen LogP contribution in [0.15, 0.2) is 48.6 Å². The van der Waals surface area contributed by atoms with E-state index in [9.17, 15) is 18.0 Å². The molecule has 41 heavy (non-hydrogen) atoms. The van der Waals surface area contributed by atoms with Crippen molar-refractivity contribution in [1.29, 1.82) is 0 Å². The van der Waals surface area contributed by atoms with Gasteiger partial charge in [-0.1, -0.05) is 66.4 Å². The highest BCUT2D eigenvalue weighted by atomic mass is 35.5. The van der Waals surface area contributed by atoms with Gasteiger partial charge in [0, 0.05) is 36.7 Å². The smallest absolute Gasteiger partial charge is 0.246 e. The largest absolute Gasteiger partial charge is 0.335 e. The van der Waals surface area contributed by atoms with Crippen molar-refractivity contribution in [3.05, 3.63) is 59.2 Å². The maximum absolute atomic E-state index is 13.1. The van der Waals surface area contributed by atoms with Crippen molar-refractivity contribution >= 4 is 45.5 Å². The lowest BCUT2D eigenvalue weighted by atomic mass is 9.97. The van der Waals surface area contributed by atoms with Gasteiger partial charge in [-0.2, -0.15) is 4.55 Å². The summed E-state index contributed by atoms with van der Waals surface area (Å²) in [5.41, 5.74) is 2.32. The van der Waals surface area contributed by atoms with Crippen LogP contribution in [-0.2, 0) is 42.3 Å². The molecule has 1 aromatic carbocycles. The molecule has 2 amide bonds. The zero-order valence-corrected chi connectivity index (χ0v) is 28.6. The second-order valence-electron chi connectivity index (χ2n) is 10.4. The first-order valence-electron chi connectivity index (χ1n) is 14.0. The summed E-state index contributed by atoms with van der Waals surface area (Å²) in [6.45, 7) is 20.2. The zero-order chi connectivity index (χ0) is 31.9. The molecular formula is C30H51ClN3O5S2+. The molecule has 2 saturated heterocycles. The summed E-state index contributed by atoms with van der Waals surface area (Å²) in [5.74, 6) is -0.101. The van der Waals surface area contributed by atoms with E-state index >= 15 is 0 Å². The number of thiol groups is 1. The van der Waals surface area contributed by atoms with Gasteiger partial charge in [0.1, 0.15) is 12.2 Å². The van der Waals surface area contributed by atoms with Crippen molar-refractivity contribution in [1.82, 2.24) is 14.1 Å². The quantitative estimate of drug-likeness (QED) is 0.244. The molecule has 11 heteroatoms. The number of benzene rings is 1. The van der Waals surface area contributed by atoms with Gasteiger partial charge in [-0.05, 0) is 65.3 Å². The molecule has 5 atom stereocenters. The molecule has 1 aromatic rings. The minimum Gasteiger partial charge on any atom is -0.335 e. The molecule has 0 saturated carbocycles. The van der Waals surface area contributed by atoms with E-state index < -0.39 is 28.1 Å². The average molecular weight is 633 g/mol. The van der Waals surface area contributed by atoms with Gasteiger partial charge in [-0.15, -0.1) is 0 Å². The van der Waals surface area contributed by atoms with Gasteiger partial charge in [0.15, 0.2) is 5.25 Å². The van der Waals surface area contributed by atoms with Crippen LogP contribution in [-0.4, -0.2) is 77.5 Å². The van der Waals surface area contributed by atoms with Crippen LogP contribution < -0.4 is 0 Å². The Balaban J connectivity index is 0.000000883. The highest BCUT2D eigenvalue weighted by Gasteiger charge is 2.48. The molecular weight excluding hydrogens is 582 g/mol. The summed E-state index contributed by atoms with van der Waals surface area (Å²) >= 11 is 3.93. The average Bonchev–Trinajstić information content (AvgIpc) is 2.91. The molecule has 2 aliphatic rings. The van der Waals surface area contributed by atoms with E-state index in [4.69, 9.17) is 16.2 Å². The predicted molar refractivity (Wildman–Crippen MR) is 175 cm³/mol. The number of carbonyl (C=O) groups excluding carboxylic acids is 2. The molecule has 0 aliphatic carbocycles. The monoisotopic (exact) mass is 632 g/mol. The number of carbonyl (C=O) groups is 2. The molecule has 2 aliphatic heterocycles. The predicted octanol–water partition coefficient (Wildman–Crippen LogP) is 5.77. The van der Waals surface area contributed by atoms with E-state index in [-0.39, 0.29) is 35.7 Å². The lowest BCUT2D eigenvalue weighted by molar-refractivity contribution is -0.166. The lowest BCUT2D eigenvalue weighted by Gasteiger charge is -2.52. The molecule has 8 nitrogen and oxygen atoms in total. The van der Waals surface area contributed by atoms with Gasteiger partial charge in [0.2, 0.25) is 22.9 Å². The number of rotatable bonds is 6. The van der Waals surface area contributed by atoms with E-state index in [1.165, 1.54) is 18.1 Å². The standard InChI is InChI=1S/C18H24ClN3O3S.C5H10.C4H8O2S.C3H8/c1-12(2)20-11-16-21(26(3)25)9-8-17(23)22(16)15(18(20)24)10-13-4-6-14(19)7-5-13;1-4-5(2)3;1-3-4(2)7(5)6;1-3-2/h4-7,12,15-16H,8-11H2,1-3H3;4H,1-3H3;3-4H,1H2,2H3,(H,5,6);3H2,1-2H3/p+1. The molecule has 0 spiro atoms. The lowest BCUT2D eigenvalue weighted by Crippen LogP contribution is -2.71. The van der Waals surface area contributed by atoms with Crippen LogP contribution in [0.3, 0.4) is 0 Å². The summed E-state index contributed by atoms with van der Waals surface area (Å²) < 4.78 is 32.3. The third-order valence-electron chi connectivity index (χ3n) is 6.31. The van der Waals surface area contributed by atoms with Crippen molar-refractivity contribution in [3.8, 4) is 0 Å². The van der Waals surface area contributed by atoms with Crippen LogP contribution in [0.5, 0.6) is 0 Å². The Bertz CT molecular complexity index is 1050. The van der Waals surface area contributed by atoms with Gasteiger partial charge in [-0.3, -0.25) is 9.59 Å². The summed E-state index contributed by atoms with van der Waals surface area (Å²) in [6, 6.07) is 6.75. The molecule has 234 valence electrons. The molecule has 0 bridgehead atoms. The highest BCUT2D eigenvalue weighted by molar-refractivity contribution is 7.81. The third-order valence-corrected chi connectivity index (χ3v) is 8.56. The zero-order valence-electron chi connectivity index (χ0n) is 26.2. The van der Waals surface area contributed by atoms with Gasteiger partial charge in [-0.25, -0.2) is 8.51 Å². The Morgan fingerprint density at radius 3 is 2.07 bits per heavy atom. The number of fused-ring (bicyclic) bond motifs is 1. The number of hydrogen-bond donors (Lipinski definition) is 1. The van der Waals surface area contributed by atoms with Crippen LogP contribution in [0.25, 0.3) is 0 Å². The summed E-state index contributed by atoms with van der Waals surface area (Å²) in [5, 5.41) is 0.363. The fraction of sp³-hybridized carbons (Fsp3) is 0.600. The maximum atomic E-state index is 13.1. The van der Waals surface area contributed by atoms with Gasteiger partial charge >= 0.3 is 0 Å². The Labute approximate surface area is 258 Å². The fourth-order valence-corrected chi connectivity index (χ4v) is 4.98. The normalized spacial score (nSPS) is 20.6. The van der Waals surface area contributed by atoms with Crippen molar-refractivity contribution in [2.75, 3.05) is 19.3 Å². The Morgan fingerprint density at radius 2 is 1.71 bits per heavy atom. The molecule has 0 aromatic heterocycles. The van der Waals surface area contributed by atoms with Crippen molar-refractivity contribution in [3.63, 3.8) is 0 Å². The Kier molecular flexibility index (Phi) is 19.2. The van der Waals surface area contributed by atoms with Crippen molar-refractivity contribution < 1.29 is 22.6 Å². The van der Waals surface area contributed by atoms with E-state index in [1.807, 2.05) is 37.2 Å². The number of hydrogen-bond acceptors (Lipinski definition) is 4. The SMILES string of the molecule is C=CC(C)[SH+](=O)O.CC(C)N1CC2N(C(=O)CCN2S(C)=O)C(Cc2ccc(Cl)cc2)C1=O.CC=C(C)C.CCC. The second kappa shape index (κ2) is 20.1. The molecule has 2 heterocycles. The number of piperazine rings is 1. The highest BCUT2D eigenvalue weighted by Crippen LogP contribution is 2.29. The first-order chi connectivity index (χ1) is 19.2. The van der Waals surface area contributed by atoms with Gasteiger partial charge in [0.05, 0.1) is 17.5 Å². The van der Waals surface area contributed by atoms with E-state index in [2.05, 4.69) is 40.3 Å². The minimum absolute atomic E-state index is 0.0153. The maximum Gasteiger partial charge on any atom is 0.246 e. The number of nitrogens with zero attached hydrogens (tertiary/aromatic N) is 3. The molecule has 2 fully saturated rings. The van der Waals surface area contributed by atoms with Crippen LogP contribution in [0, 0.1) is 0 Å². The molecule has 1 N–H and O–H groups in total. The Hall–Kier alpha value is -1.85. The van der Waals surface area contributed by atoms with Crippen molar-refractivity contribution in [2.45, 2.75) is 98.2 Å². The number of amides is 2. The van der Waals surface area contributed by atoms with Crippen LogP contribution in [0.4, 0.5) is 0 Å². The first-order valence-corrected chi connectivity index (χ1v) is 17.2. The second-order valence-corrected chi connectivity index (χ2v) is 13.6. The van der Waals surface area contributed by atoms with E-state index in [0.29, 0.717) is 24.5 Å². The van der Waals surface area contributed by atoms with Gasteiger partial charge < -0.3 is 9.80 Å². The third kappa shape index (κ3) is 13.3. The van der Waals surface area contributed by atoms with Gasteiger partial charge in [0.25, 0.3) is 0 Å². The first kappa shape index (κ1) is 39.1. The Morgan fingerprint density at radius 1 is 1.20 bits per heavy atom. The van der Waals surface area contributed by atoms with E-state index in [0.717, 1.165) is 5.56 Å². The van der Waals surface area contributed by atoms with E-state index in [1.54, 1.807) is 35.1 Å². The van der Waals surface area contributed by atoms with Crippen LogP contribution in [0.1, 0.15) is 73.8 Å². The fourth-order valence-electron chi connectivity index (χ4n) is 3.81. The number of allylic oxidation sites excluding steroid dienone is 2. The minimum atomic E-state index is -2.03. The summed E-state index contributed by atoms with van der Waals surface area (Å²) in [4.78, 5) is 29.3. The van der Waals surface area contributed by atoms with Crippen LogP contribution in [0.2, 0.25) is 5.02 Å². The number of halogens is 1.